The Morgan fingerprint density at radius 2 is 1.89 bits per heavy atom. The molecule has 1 saturated heterocycles. The Morgan fingerprint density at radius 3 is 2.33 bits per heavy atom. The summed E-state index contributed by atoms with van der Waals surface area (Å²) < 4.78 is 10.8. The van der Waals surface area contributed by atoms with E-state index in [1.807, 2.05) is 18.2 Å². The van der Waals surface area contributed by atoms with E-state index in [0.717, 1.165) is 24.3 Å². The maximum atomic E-state index is 6.18. The van der Waals surface area contributed by atoms with Crippen molar-refractivity contribution in [3.63, 3.8) is 0 Å². The Kier molecular flexibility index (Phi) is 4.45. The summed E-state index contributed by atoms with van der Waals surface area (Å²) in [5.41, 5.74) is 7.65. The third kappa shape index (κ3) is 2.62. The maximum absolute atomic E-state index is 6.18. The van der Waals surface area contributed by atoms with E-state index in [2.05, 4.69) is 4.90 Å². The first kappa shape index (κ1) is 13.6. The van der Waals surface area contributed by atoms with Crippen molar-refractivity contribution in [3.8, 4) is 0 Å². The summed E-state index contributed by atoms with van der Waals surface area (Å²) in [6, 6.07) is 5.97. The molecule has 4 nitrogen and oxygen atoms in total. The molecule has 5 heteroatoms. The minimum Gasteiger partial charge on any atom is -0.377 e. The molecule has 2 unspecified atom stereocenters. The van der Waals surface area contributed by atoms with E-state index in [9.17, 15) is 0 Å². The average molecular weight is 271 g/mol. The molecule has 1 aromatic carbocycles. The fraction of sp³-hybridized carbons (Fsp3) is 0.538. The predicted molar refractivity (Wildman–Crippen MR) is 73.2 cm³/mol. The van der Waals surface area contributed by atoms with Crippen molar-refractivity contribution in [1.29, 1.82) is 0 Å². The molecular formula is C13H19ClN2O2. The molecule has 0 spiro atoms. The second-order valence-electron chi connectivity index (χ2n) is 4.43. The number of hydrogen-bond donors (Lipinski definition) is 1. The molecule has 18 heavy (non-hydrogen) atoms. The fourth-order valence-electron chi connectivity index (χ4n) is 2.31. The second kappa shape index (κ2) is 5.89. The molecule has 2 N–H and O–H groups in total. The summed E-state index contributed by atoms with van der Waals surface area (Å²) in [5.74, 6) is 0. The van der Waals surface area contributed by atoms with Crippen molar-refractivity contribution in [2.24, 2.45) is 5.73 Å². The number of nitrogens with zero attached hydrogens (tertiary/aromatic N) is 1. The third-order valence-electron chi connectivity index (χ3n) is 3.44. The summed E-state index contributed by atoms with van der Waals surface area (Å²) in [5, 5.41) is 0.713. The molecule has 1 aliphatic heterocycles. The van der Waals surface area contributed by atoms with Crippen LogP contribution in [0.3, 0.4) is 0 Å². The smallest absolute Gasteiger partial charge is 0.102 e. The van der Waals surface area contributed by atoms with Gasteiger partial charge in [0.1, 0.15) is 12.2 Å². The zero-order valence-corrected chi connectivity index (χ0v) is 11.5. The maximum Gasteiger partial charge on any atom is 0.102 e. The number of hydrogen-bond acceptors (Lipinski definition) is 4. The van der Waals surface area contributed by atoms with Crippen LogP contribution in [0.5, 0.6) is 0 Å². The largest absolute Gasteiger partial charge is 0.377 e. The molecule has 0 bridgehead atoms. The molecular weight excluding hydrogens is 252 g/mol. The van der Waals surface area contributed by atoms with Gasteiger partial charge in [0.25, 0.3) is 0 Å². The van der Waals surface area contributed by atoms with Gasteiger partial charge in [-0.05, 0) is 17.7 Å². The predicted octanol–water partition coefficient (Wildman–Crippen LogP) is 1.65. The topological polar surface area (TPSA) is 47.7 Å². The zero-order chi connectivity index (χ0) is 13.1. The van der Waals surface area contributed by atoms with Crippen LogP contribution in [-0.4, -0.2) is 39.5 Å². The first-order valence-electron chi connectivity index (χ1n) is 5.98. The second-order valence-corrected chi connectivity index (χ2v) is 4.84. The van der Waals surface area contributed by atoms with Crippen LogP contribution >= 0.6 is 11.6 Å². The quantitative estimate of drug-likeness (QED) is 0.904. The van der Waals surface area contributed by atoms with Gasteiger partial charge in [0.05, 0.1) is 0 Å². The van der Waals surface area contributed by atoms with E-state index in [1.54, 1.807) is 14.2 Å². The van der Waals surface area contributed by atoms with E-state index in [1.165, 1.54) is 0 Å². The highest BCUT2D eigenvalue weighted by Gasteiger charge is 2.33. The van der Waals surface area contributed by atoms with E-state index in [-0.39, 0.29) is 12.2 Å². The van der Waals surface area contributed by atoms with Crippen molar-refractivity contribution < 1.29 is 9.47 Å². The van der Waals surface area contributed by atoms with E-state index in [4.69, 9.17) is 26.8 Å². The Labute approximate surface area is 113 Å². The van der Waals surface area contributed by atoms with Crippen molar-refractivity contribution in [1.82, 2.24) is 0 Å². The van der Waals surface area contributed by atoms with Gasteiger partial charge in [-0.15, -0.1) is 0 Å². The molecule has 2 rings (SSSR count). The van der Waals surface area contributed by atoms with Gasteiger partial charge in [0.2, 0.25) is 0 Å². The lowest BCUT2D eigenvalue weighted by Gasteiger charge is -2.19. The molecule has 0 aromatic heterocycles. The van der Waals surface area contributed by atoms with Gasteiger partial charge in [-0.2, -0.15) is 0 Å². The Bertz CT molecular complexity index is 402. The minimum absolute atomic E-state index is 0.1000. The van der Waals surface area contributed by atoms with Crippen molar-refractivity contribution in [2.75, 3.05) is 32.2 Å². The summed E-state index contributed by atoms with van der Waals surface area (Å²) in [6.07, 6.45) is 0.200. The molecule has 0 amide bonds. The lowest BCUT2D eigenvalue weighted by atomic mass is 10.2. The van der Waals surface area contributed by atoms with Crippen LogP contribution in [0.1, 0.15) is 5.56 Å². The van der Waals surface area contributed by atoms with Crippen LogP contribution in [0.15, 0.2) is 18.2 Å². The zero-order valence-electron chi connectivity index (χ0n) is 10.7. The van der Waals surface area contributed by atoms with Gasteiger partial charge in [0, 0.05) is 44.6 Å². The normalized spacial score (nSPS) is 23.7. The summed E-state index contributed by atoms with van der Waals surface area (Å²) in [6.45, 7) is 2.08. The van der Waals surface area contributed by atoms with E-state index < -0.39 is 0 Å². The lowest BCUT2D eigenvalue weighted by molar-refractivity contribution is -0.00461. The number of halogens is 1. The number of rotatable bonds is 4. The standard InChI is InChI=1S/C13H19ClN2O2/c1-17-12-7-16(8-13(12)18-2)10-4-3-9(6-15)11(14)5-10/h3-5,12-13H,6-8,15H2,1-2H3. The van der Waals surface area contributed by atoms with Crippen LogP contribution in [0, 0.1) is 0 Å². The van der Waals surface area contributed by atoms with Gasteiger partial charge >= 0.3 is 0 Å². The van der Waals surface area contributed by atoms with Gasteiger partial charge in [-0.3, -0.25) is 0 Å². The number of anilines is 1. The lowest BCUT2D eigenvalue weighted by Crippen LogP contribution is -2.27. The first-order valence-corrected chi connectivity index (χ1v) is 6.36. The SMILES string of the molecule is COC1CN(c2ccc(CN)c(Cl)c2)CC1OC. The number of benzene rings is 1. The minimum atomic E-state index is 0.1000. The molecule has 0 aliphatic carbocycles. The van der Waals surface area contributed by atoms with Crippen LogP contribution in [-0.2, 0) is 16.0 Å². The molecule has 2 atom stereocenters. The fourth-order valence-corrected chi connectivity index (χ4v) is 2.56. The Hall–Kier alpha value is -0.810. The van der Waals surface area contributed by atoms with Gasteiger partial charge in [-0.1, -0.05) is 17.7 Å². The van der Waals surface area contributed by atoms with Gasteiger partial charge in [0.15, 0.2) is 0 Å². The van der Waals surface area contributed by atoms with Crippen molar-refractivity contribution >= 4 is 17.3 Å². The number of ether oxygens (including phenoxy) is 2. The summed E-state index contributed by atoms with van der Waals surface area (Å²) in [4.78, 5) is 2.22. The van der Waals surface area contributed by atoms with E-state index >= 15 is 0 Å². The van der Waals surface area contributed by atoms with Crippen LogP contribution in [0.25, 0.3) is 0 Å². The molecule has 100 valence electrons. The average Bonchev–Trinajstić information content (AvgIpc) is 2.81. The van der Waals surface area contributed by atoms with Crippen LogP contribution in [0.2, 0.25) is 5.02 Å². The number of nitrogens with two attached hydrogens (primary N) is 1. The highest BCUT2D eigenvalue weighted by atomic mass is 35.5. The number of methoxy groups -OCH3 is 2. The summed E-state index contributed by atoms with van der Waals surface area (Å²) in [7, 11) is 3.43. The van der Waals surface area contributed by atoms with E-state index in [0.29, 0.717) is 11.6 Å². The Morgan fingerprint density at radius 1 is 1.28 bits per heavy atom. The highest BCUT2D eigenvalue weighted by Crippen LogP contribution is 2.27. The Balaban J connectivity index is 2.15. The monoisotopic (exact) mass is 270 g/mol. The summed E-state index contributed by atoms with van der Waals surface area (Å²) >= 11 is 6.18. The van der Waals surface area contributed by atoms with Gasteiger partial charge in [-0.25, -0.2) is 0 Å². The van der Waals surface area contributed by atoms with Crippen molar-refractivity contribution in [3.05, 3.63) is 28.8 Å². The van der Waals surface area contributed by atoms with Crippen molar-refractivity contribution in [2.45, 2.75) is 18.8 Å². The van der Waals surface area contributed by atoms with Crippen LogP contribution < -0.4 is 10.6 Å². The molecule has 0 radical (unpaired) electrons. The van der Waals surface area contributed by atoms with Gasteiger partial charge < -0.3 is 20.1 Å². The molecule has 1 aliphatic rings. The third-order valence-corrected chi connectivity index (χ3v) is 3.79. The molecule has 1 aromatic rings. The van der Waals surface area contributed by atoms with Crippen LogP contribution in [0.4, 0.5) is 5.69 Å². The molecule has 1 fully saturated rings. The highest BCUT2D eigenvalue weighted by molar-refractivity contribution is 6.31. The first-order chi connectivity index (χ1) is 8.69. The molecule has 0 saturated carbocycles. The molecule has 1 heterocycles.